The average molecular weight is 540 g/mol. The van der Waals surface area contributed by atoms with E-state index in [0.717, 1.165) is 5.56 Å². The van der Waals surface area contributed by atoms with E-state index in [1.165, 1.54) is 12.1 Å². The van der Waals surface area contributed by atoms with Crippen LogP contribution >= 0.6 is 23.2 Å². The van der Waals surface area contributed by atoms with Crippen LogP contribution in [0, 0.1) is 5.82 Å². The molecule has 2 aliphatic rings. The Bertz CT molecular complexity index is 1070. The van der Waals surface area contributed by atoms with Gasteiger partial charge in [-0.15, -0.1) is 0 Å². The highest BCUT2D eigenvalue weighted by molar-refractivity contribution is 6.42. The molecule has 4 rings (SSSR count). The fourth-order valence-electron chi connectivity index (χ4n) is 4.43. The zero-order valence-corrected chi connectivity index (χ0v) is 21.0. The number of carbonyl (C=O) groups excluding carboxylic acids is 2. The number of amides is 3. The molecule has 0 aliphatic carbocycles. The van der Waals surface area contributed by atoms with Gasteiger partial charge in [0, 0.05) is 12.2 Å². The molecule has 11 heteroatoms. The molecule has 0 saturated carbocycles. The highest BCUT2D eigenvalue weighted by Gasteiger charge is 2.40. The van der Waals surface area contributed by atoms with Crippen molar-refractivity contribution < 1.29 is 28.6 Å². The van der Waals surface area contributed by atoms with E-state index in [1.54, 1.807) is 35.2 Å². The van der Waals surface area contributed by atoms with Gasteiger partial charge in [-0.25, -0.2) is 9.18 Å². The standard InChI is InChI=1S/C25H28Cl2FN3O5/c26-20-7-5-17(9-21(20)27)30-25(34)31-12-18(32)13-35-14-23-22(31)8-6-19(36-23)10-24(33)29-11-15-1-3-16(28)4-2-15/h1-5,7,9,18-19,22-23,32H,6,8,10-14H2,(H,29,33)(H,30,34)/t18-,19+,22+,23-/m1/s1. The summed E-state index contributed by atoms with van der Waals surface area (Å²) in [5.41, 5.74) is 1.27. The number of benzene rings is 2. The van der Waals surface area contributed by atoms with Crippen molar-refractivity contribution >= 4 is 40.8 Å². The molecule has 0 radical (unpaired) electrons. The van der Waals surface area contributed by atoms with Gasteiger partial charge in [0.05, 0.1) is 54.5 Å². The lowest BCUT2D eigenvalue weighted by Gasteiger charge is -2.44. The van der Waals surface area contributed by atoms with Gasteiger partial charge in [0.2, 0.25) is 5.91 Å². The first-order chi connectivity index (χ1) is 17.3. The van der Waals surface area contributed by atoms with Crippen LogP contribution in [-0.2, 0) is 20.8 Å². The Labute approximate surface area is 218 Å². The smallest absolute Gasteiger partial charge is 0.322 e. The fourth-order valence-corrected chi connectivity index (χ4v) is 4.72. The van der Waals surface area contributed by atoms with E-state index in [2.05, 4.69) is 10.6 Å². The Morgan fingerprint density at radius 2 is 1.86 bits per heavy atom. The summed E-state index contributed by atoms with van der Waals surface area (Å²) < 4.78 is 24.8. The summed E-state index contributed by atoms with van der Waals surface area (Å²) in [5.74, 6) is -0.511. The number of β-amino-alcohol motifs (C(OH)–C–C–N with tert-alkyl or cyclic N) is 1. The quantitative estimate of drug-likeness (QED) is 0.533. The molecule has 0 unspecified atom stereocenters. The molecule has 0 spiro atoms. The topological polar surface area (TPSA) is 100 Å². The number of fused-ring (bicyclic) bond motifs is 1. The van der Waals surface area contributed by atoms with E-state index in [4.69, 9.17) is 32.7 Å². The summed E-state index contributed by atoms with van der Waals surface area (Å²) in [4.78, 5) is 27.2. The van der Waals surface area contributed by atoms with E-state index in [1.807, 2.05) is 0 Å². The van der Waals surface area contributed by atoms with Crippen molar-refractivity contribution in [2.45, 2.75) is 50.2 Å². The van der Waals surface area contributed by atoms with E-state index in [-0.39, 0.29) is 50.0 Å². The average Bonchev–Trinajstić information content (AvgIpc) is 2.84. The van der Waals surface area contributed by atoms with Crippen LogP contribution in [0.4, 0.5) is 14.9 Å². The number of nitrogens with zero attached hydrogens (tertiary/aromatic N) is 1. The normalized spacial score (nSPS) is 24.3. The van der Waals surface area contributed by atoms with Crippen molar-refractivity contribution in [1.82, 2.24) is 10.2 Å². The minimum atomic E-state index is -0.847. The Kier molecular flexibility index (Phi) is 9.03. The first-order valence-corrected chi connectivity index (χ1v) is 12.5. The zero-order valence-electron chi connectivity index (χ0n) is 19.5. The van der Waals surface area contributed by atoms with Gasteiger partial charge in [-0.1, -0.05) is 35.3 Å². The third kappa shape index (κ3) is 7.08. The molecule has 8 nitrogen and oxygen atoms in total. The number of rotatable bonds is 5. The van der Waals surface area contributed by atoms with Gasteiger partial charge in [0.25, 0.3) is 0 Å². The molecule has 194 valence electrons. The van der Waals surface area contributed by atoms with Gasteiger partial charge < -0.3 is 30.1 Å². The molecule has 4 atom stereocenters. The number of ether oxygens (including phenoxy) is 2. The lowest BCUT2D eigenvalue weighted by Crippen LogP contribution is -2.58. The second-order valence-electron chi connectivity index (χ2n) is 8.95. The zero-order chi connectivity index (χ0) is 25.7. The lowest BCUT2D eigenvalue weighted by atomic mass is 9.95. The molecule has 2 aliphatic heterocycles. The number of aliphatic hydroxyl groups is 1. The summed E-state index contributed by atoms with van der Waals surface area (Å²) in [5, 5.41) is 16.6. The molecule has 2 heterocycles. The van der Waals surface area contributed by atoms with Crippen molar-refractivity contribution in [2.24, 2.45) is 0 Å². The van der Waals surface area contributed by atoms with E-state index in [0.29, 0.717) is 35.1 Å². The summed E-state index contributed by atoms with van der Waals surface area (Å²) in [6.45, 7) is 0.611. The van der Waals surface area contributed by atoms with Crippen LogP contribution in [0.2, 0.25) is 10.0 Å². The Morgan fingerprint density at radius 1 is 1.08 bits per heavy atom. The van der Waals surface area contributed by atoms with Crippen molar-refractivity contribution in [1.29, 1.82) is 0 Å². The predicted octanol–water partition coefficient (Wildman–Crippen LogP) is 3.98. The molecule has 3 amide bonds. The number of aliphatic hydroxyl groups excluding tert-OH is 1. The van der Waals surface area contributed by atoms with Crippen LogP contribution in [0.15, 0.2) is 42.5 Å². The summed E-state index contributed by atoms with van der Waals surface area (Å²) in [6, 6.07) is 9.98. The van der Waals surface area contributed by atoms with Crippen molar-refractivity contribution in [3.05, 3.63) is 63.9 Å². The summed E-state index contributed by atoms with van der Waals surface area (Å²) in [6.07, 6.45) is -0.361. The molecule has 2 fully saturated rings. The minimum absolute atomic E-state index is 0.0615. The molecule has 3 N–H and O–H groups in total. The van der Waals surface area contributed by atoms with Crippen LogP contribution in [0.25, 0.3) is 0 Å². The van der Waals surface area contributed by atoms with Gasteiger partial charge in [-0.05, 0) is 48.7 Å². The van der Waals surface area contributed by atoms with Gasteiger partial charge in [-0.3, -0.25) is 4.79 Å². The number of hydrogen-bond acceptors (Lipinski definition) is 5. The fraction of sp³-hybridized carbons (Fsp3) is 0.440. The van der Waals surface area contributed by atoms with Gasteiger partial charge in [-0.2, -0.15) is 0 Å². The lowest BCUT2D eigenvalue weighted by molar-refractivity contribution is -0.149. The molecule has 2 saturated heterocycles. The van der Waals surface area contributed by atoms with Crippen LogP contribution in [0.3, 0.4) is 0 Å². The first kappa shape index (κ1) is 26.6. The van der Waals surface area contributed by atoms with Gasteiger partial charge in [0.15, 0.2) is 0 Å². The molecular weight excluding hydrogens is 512 g/mol. The second-order valence-corrected chi connectivity index (χ2v) is 9.77. The van der Waals surface area contributed by atoms with Crippen molar-refractivity contribution in [3.8, 4) is 0 Å². The van der Waals surface area contributed by atoms with Crippen molar-refractivity contribution in [3.63, 3.8) is 0 Å². The number of hydrogen-bond donors (Lipinski definition) is 3. The minimum Gasteiger partial charge on any atom is -0.389 e. The number of anilines is 1. The monoisotopic (exact) mass is 539 g/mol. The molecule has 36 heavy (non-hydrogen) atoms. The Morgan fingerprint density at radius 3 is 2.61 bits per heavy atom. The molecular formula is C25H28Cl2FN3O5. The largest absolute Gasteiger partial charge is 0.389 e. The molecule has 0 bridgehead atoms. The maximum absolute atomic E-state index is 13.2. The van der Waals surface area contributed by atoms with Crippen molar-refractivity contribution in [2.75, 3.05) is 25.1 Å². The molecule has 2 aromatic carbocycles. The van der Waals surface area contributed by atoms with E-state index < -0.39 is 18.2 Å². The Balaban J connectivity index is 1.36. The summed E-state index contributed by atoms with van der Waals surface area (Å²) >= 11 is 12.0. The summed E-state index contributed by atoms with van der Waals surface area (Å²) in [7, 11) is 0. The third-order valence-electron chi connectivity index (χ3n) is 6.23. The highest BCUT2D eigenvalue weighted by atomic mass is 35.5. The number of carbonyl (C=O) groups is 2. The number of nitrogens with one attached hydrogen (secondary N) is 2. The van der Waals surface area contributed by atoms with Crippen LogP contribution in [0.1, 0.15) is 24.8 Å². The maximum Gasteiger partial charge on any atom is 0.322 e. The second kappa shape index (κ2) is 12.2. The predicted molar refractivity (Wildman–Crippen MR) is 134 cm³/mol. The van der Waals surface area contributed by atoms with Crippen LogP contribution < -0.4 is 10.6 Å². The molecule has 2 aromatic rings. The van der Waals surface area contributed by atoms with Gasteiger partial charge >= 0.3 is 6.03 Å². The first-order valence-electron chi connectivity index (χ1n) is 11.7. The third-order valence-corrected chi connectivity index (χ3v) is 6.97. The van der Waals surface area contributed by atoms with Crippen LogP contribution in [0.5, 0.6) is 0 Å². The highest BCUT2D eigenvalue weighted by Crippen LogP contribution is 2.29. The SMILES string of the molecule is O=C(C[C@@H]1CC[C@H]2[C@@H](COC[C@H](O)CN2C(=O)Nc2ccc(Cl)c(Cl)c2)O1)NCc1ccc(F)cc1. The van der Waals surface area contributed by atoms with E-state index >= 15 is 0 Å². The Hall–Kier alpha value is -2.43. The molecule has 0 aromatic heterocycles. The van der Waals surface area contributed by atoms with E-state index in [9.17, 15) is 19.1 Å². The van der Waals surface area contributed by atoms with Gasteiger partial charge in [0.1, 0.15) is 11.9 Å². The van der Waals surface area contributed by atoms with Crippen LogP contribution in [-0.4, -0.2) is 66.1 Å². The number of halogens is 3. The number of urea groups is 1. The maximum atomic E-state index is 13.2.